The van der Waals surface area contributed by atoms with Crippen molar-refractivity contribution in [1.29, 1.82) is 0 Å². The molecule has 0 aliphatic carbocycles. The van der Waals surface area contributed by atoms with Gasteiger partial charge in [0.1, 0.15) is 5.65 Å². The van der Waals surface area contributed by atoms with E-state index in [2.05, 4.69) is 17.2 Å². The van der Waals surface area contributed by atoms with Gasteiger partial charge in [-0.15, -0.1) is 0 Å². The molecule has 0 atom stereocenters. The zero-order valence-electron chi connectivity index (χ0n) is 10.0. The molecule has 0 fully saturated rings. The summed E-state index contributed by atoms with van der Waals surface area (Å²) in [7, 11) is 0. The number of rotatable bonds is 5. The number of carbonyl (C=O) groups is 1. The van der Waals surface area contributed by atoms with Crippen molar-refractivity contribution >= 4 is 11.6 Å². The average molecular weight is 231 g/mol. The molecule has 90 valence electrons. The number of hydrogen-bond donors (Lipinski definition) is 1. The van der Waals surface area contributed by atoms with Gasteiger partial charge < -0.3 is 9.72 Å². The van der Waals surface area contributed by atoms with Crippen LogP contribution in [0.5, 0.6) is 0 Å². The van der Waals surface area contributed by atoms with Crippen molar-refractivity contribution in [3.8, 4) is 0 Å². The maximum Gasteiger partial charge on any atom is 0.255 e. The quantitative estimate of drug-likeness (QED) is 0.802. The number of amides is 1. The van der Waals surface area contributed by atoms with E-state index in [-0.39, 0.29) is 5.91 Å². The van der Waals surface area contributed by atoms with Gasteiger partial charge in [-0.05, 0) is 18.6 Å². The van der Waals surface area contributed by atoms with Gasteiger partial charge in [-0.25, -0.2) is 4.98 Å². The van der Waals surface area contributed by atoms with Gasteiger partial charge in [-0.2, -0.15) is 0 Å². The smallest absolute Gasteiger partial charge is 0.255 e. The molecule has 17 heavy (non-hydrogen) atoms. The molecule has 2 aromatic rings. The Kier molecular flexibility index (Phi) is 3.75. The van der Waals surface area contributed by atoms with Gasteiger partial charge in [0.15, 0.2) is 0 Å². The fourth-order valence-electron chi connectivity index (χ4n) is 1.80. The van der Waals surface area contributed by atoms with E-state index in [1.165, 1.54) is 0 Å². The van der Waals surface area contributed by atoms with Gasteiger partial charge in [0.25, 0.3) is 5.91 Å². The molecule has 0 saturated heterocycles. The number of pyridine rings is 1. The van der Waals surface area contributed by atoms with E-state index in [9.17, 15) is 4.79 Å². The van der Waals surface area contributed by atoms with Gasteiger partial charge in [0.05, 0.1) is 5.56 Å². The third-order valence-corrected chi connectivity index (χ3v) is 2.73. The maximum absolute atomic E-state index is 12.0. The largest absolute Gasteiger partial charge is 0.352 e. The maximum atomic E-state index is 12.0. The zero-order chi connectivity index (χ0) is 12.1. The zero-order valence-corrected chi connectivity index (χ0v) is 10.0. The van der Waals surface area contributed by atoms with E-state index in [0.717, 1.165) is 25.8 Å². The van der Waals surface area contributed by atoms with Crippen LogP contribution in [0.4, 0.5) is 0 Å². The molecule has 4 nitrogen and oxygen atoms in total. The summed E-state index contributed by atoms with van der Waals surface area (Å²) in [5, 5.41) is 2.92. The summed E-state index contributed by atoms with van der Waals surface area (Å²) in [6.45, 7) is 2.88. The second kappa shape index (κ2) is 5.48. The van der Waals surface area contributed by atoms with Crippen molar-refractivity contribution in [3.63, 3.8) is 0 Å². The Bertz CT molecular complexity index is 504. The van der Waals surface area contributed by atoms with Crippen LogP contribution in [0.1, 0.15) is 36.5 Å². The molecule has 0 unspecified atom stereocenters. The number of nitrogens with one attached hydrogen (secondary N) is 1. The first-order valence-corrected chi connectivity index (χ1v) is 6.03. The average Bonchev–Trinajstić information content (AvgIpc) is 2.82. The lowest BCUT2D eigenvalue weighted by atomic mass is 10.2. The minimum absolute atomic E-state index is 0.0436. The molecule has 0 aliphatic rings. The number of fused-ring (bicyclic) bond motifs is 1. The number of nitrogens with zero attached hydrogens (tertiary/aromatic N) is 2. The van der Waals surface area contributed by atoms with Gasteiger partial charge in [0, 0.05) is 25.1 Å². The van der Waals surface area contributed by atoms with Crippen LogP contribution < -0.4 is 5.32 Å². The summed E-state index contributed by atoms with van der Waals surface area (Å²) in [6, 6.07) is 3.66. The second-order valence-corrected chi connectivity index (χ2v) is 4.04. The molecule has 0 aliphatic heterocycles. The molecule has 0 spiro atoms. The Morgan fingerprint density at radius 2 is 2.29 bits per heavy atom. The van der Waals surface area contributed by atoms with Crippen LogP contribution in [0.3, 0.4) is 0 Å². The summed E-state index contributed by atoms with van der Waals surface area (Å²) < 4.78 is 1.85. The number of unbranched alkanes of at least 4 members (excludes halogenated alkanes) is 2. The van der Waals surface area contributed by atoms with Crippen LogP contribution in [-0.4, -0.2) is 21.8 Å². The topological polar surface area (TPSA) is 46.4 Å². The van der Waals surface area contributed by atoms with Crippen molar-refractivity contribution in [2.24, 2.45) is 0 Å². The van der Waals surface area contributed by atoms with Crippen LogP contribution in [0.2, 0.25) is 0 Å². The lowest BCUT2D eigenvalue weighted by Crippen LogP contribution is -2.25. The number of aromatic nitrogens is 2. The van der Waals surface area contributed by atoms with Crippen LogP contribution in [-0.2, 0) is 0 Å². The van der Waals surface area contributed by atoms with Crippen LogP contribution in [0.25, 0.3) is 5.65 Å². The minimum Gasteiger partial charge on any atom is -0.352 e. The molecule has 2 heterocycles. The molecule has 2 rings (SSSR count). The first-order chi connectivity index (χ1) is 8.33. The summed E-state index contributed by atoms with van der Waals surface area (Å²) >= 11 is 0. The third-order valence-electron chi connectivity index (χ3n) is 2.73. The lowest BCUT2D eigenvalue weighted by molar-refractivity contribution is 0.0954. The van der Waals surface area contributed by atoms with Crippen molar-refractivity contribution < 1.29 is 4.79 Å². The first kappa shape index (κ1) is 11.6. The Balaban J connectivity index is 2.06. The van der Waals surface area contributed by atoms with Crippen molar-refractivity contribution in [3.05, 3.63) is 36.3 Å². The fraction of sp³-hybridized carbons (Fsp3) is 0.385. The molecule has 0 aromatic carbocycles. The Hall–Kier alpha value is -1.84. The highest BCUT2D eigenvalue weighted by Crippen LogP contribution is 2.08. The molecule has 0 radical (unpaired) electrons. The van der Waals surface area contributed by atoms with E-state index in [4.69, 9.17) is 0 Å². The fourth-order valence-corrected chi connectivity index (χ4v) is 1.80. The van der Waals surface area contributed by atoms with E-state index in [0.29, 0.717) is 11.2 Å². The Morgan fingerprint density at radius 1 is 1.41 bits per heavy atom. The molecule has 0 bridgehead atoms. The first-order valence-electron chi connectivity index (χ1n) is 6.03. The van der Waals surface area contributed by atoms with Gasteiger partial charge >= 0.3 is 0 Å². The molecular formula is C13H17N3O. The van der Waals surface area contributed by atoms with Crippen molar-refractivity contribution in [2.45, 2.75) is 26.2 Å². The van der Waals surface area contributed by atoms with Crippen LogP contribution in [0.15, 0.2) is 30.7 Å². The van der Waals surface area contributed by atoms with E-state index in [1.807, 2.05) is 22.9 Å². The minimum atomic E-state index is -0.0436. The molecule has 4 heteroatoms. The van der Waals surface area contributed by atoms with Gasteiger partial charge in [0.2, 0.25) is 0 Å². The lowest BCUT2D eigenvalue weighted by Gasteiger charge is -2.05. The highest BCUT2D eigenvalue weighted by atomic mass is 16.1. The summed E-state index contributed by atoms with van der Waals surface area (Å²) in [5.41, 5.74) is 1.34. The predicted octanol–water partition coefficient (Wildman–Crippen LogP) is 2.25. The van der Waals surface area contributed by atoms with Gasteiger partial charge in [-0.1, -0.05) is 19.8 Å². The second-order valence-electron chi connectivity index (χ2n) is 4.04. The molecule has 1 N–H and O–H groups in total. The summed E-state index contributed by atoms with van der Waals surface area (Å²) in [5.74, 6) is -0.0436. The highest BCUT2D eigenvalue weighted by molar-refractivity contribution is 5.99. The number of imidazole rings is 1. The van der Waals surface area contributed by atoms with Crippen LogP contribution in [0, 0.1) is 0 Å². The van der Waals surface area contributed by atoms with Crippen molar-refractivity contribution in [2.75, 3.05) is 6.54 Å². The predicted molar refractivity (Wildman–Crippen MR) is 67.1 cm³/mol. The van der Waals surface area contributed by atoms with E-state index in [1.54, 1.807) is 12.3 Å². The van der Waals surface area contributed by atoms with Crippen LogP contribution >= 0.6 is 0 Å². The third kappa shape index (κ3) is 2.64. The van der Waals surface area contributed by atoms with E-state index >= 15 is 0 Å². The molecule has 2 aromatic heterocycles. The van der Waals surface area contributed by atoms with E-state index < -0.39 is 0 Å². The normalized spacial score (nSPS) is 10.6. The highest BCUT2D eigenvalue weighted by Gasteiger charge is 2.09. The SMILES string of the molecule is CCCCCNC(=O)c1cccn2ccnc12. The monoisotopic (exact) mass is 231 g/mol. The summed E-state index contributed by atoms with van der Waals surface area (Å²) in [6.07, 6.45) is 8.75. The standard InChI is InChI=1S/C13H17N3O/c1-2-3-4-7-15-13(17)11-6-5-9-16-10-8-14-12(11)16/h5-6,8-10H,2-4,7H2,1H3,(H,15,17). The molecule has 1 amide bonds. The van der Waals surface area contributed by atoms with Crippen molar-refractivity contribution in [1.82, 2.24) is 14.7 Å². The summed E-state index contributed by atoms with van der Waals surface area (Å²) in [4.78, 5) is 16.1. The molecular weight excluding hydrogens is 214 g/mol. The number of hydrogen-bond acceptors (Lipinski definition) is 2. The van der Waals surface area contributed by atoms with Gasteiger partial charge in [-0.3, -0.25) is 4.79 Å². The Labute approximate surface area is 101 Å². The molecule has 0 saturated carbocycles. The Morgan fingerprint density at radius 3 is 3.12 bits per heavy atom. The number of carbonyl (C=O) groups excluding carboxylic acids is 1.